The molecule has 112 valence electrons. The highest BCUT2D eigenvalue weighted by molar-refractivity contribution is 7.80. The lowest BCUT2D eigenvalue weighted by molar-refractivity contribution is -0.143. The van der Waals surface area contributed by atoms with Gasteiger partial charge in [-0.15, -0.1) is 0 Å². The molecule has 0 radical (unpaired) electrons. The number of nitrogens with one attached hydrogen (secondary N) is 1. The second kappa shape index (κ2) is 5.55. The zero-order chi connectivity index (χ0) is 14.9. The van der Waals surface area contributed by atoms with Gasteiger partial charge in [-0.05, 0) is 25.2 Å². The third kappa shape index (κ3) is 2.59. The highest BCUT2D eigenvalue weighted by atomic mass is 32.1. The number of hydrogen-bond donors (Lipinski definition) is 2. The van der Waals surface area contributed by atoms with Crippen molar-refractivity contribution in [1.82, 2.24) is 10.2 Å². The van der Waals surface area contributed by atoms with Gasteiger partial charge in [0.25, 0.3) is 0 Å². The summed E-state index contributed by atoms with van der Waals surface area (Å²) in [6.45, 7) is 3.20. The Morgan fingerprint density at radius 2 is 2.10 bits per heavy atom. The molecule has 1 saturated carbocycles. The van der Waals surface area contributed by atoms with Gasteiger partial charge in [0.1, 0.15) is 0 Å². The van der Waals surface area contributed by atoms with Gasteiger partial charge >= 0.3 is 6.09 Å². The van der Waals surface area contributed by atoms with Crippen LogP contribution in [0.3, 0.4) is 0 Å². The Morgan fingerprint density at radius 3 is 2.60 bits per heavy atom. The molecule has 6 nitrogen and oxygen atoms in total. The van der Waals surface area contributed by atoms with Gasteiger partial charge in [0, 0.05) is 13.1 Å². The van der Waals surface area contributed by atoms with Crippen molar-refractivity contribution >= 4 is 29.2 Å². The number of thiocarbonyl (C=S) groups is 1. The zero-order valence-corrected chi connectivity index (χ0v) is 12.7. The summed E-state index contributed by atoms with van der Waals surface area (Å²) in [6.07, 6.45) is 1.72. The van der Waals surface area contributed by atoms with E-state index < -0.39 is 11.5 Å². The molecule has 7 heteroatoms. The Kier molecular flexibility index (Phi) is 4.17. The van der Waals surface area contributed by atoms with Crippen molar-refractivity contribution < 1.29 is 14.3 Å². The molecule has 1 unspecified atom stereocenters. The summed E-state index contributed by atoms with van der Waals surface area (Å²) in [5.41, 5.74) is 5.14. The number of likely N-dealkylation sites (tertiary alicyclic amines) is 1. The second-order valence-electron chi connectivity index (χ2n) is 5.83. The number of methoxy groups -OCH3 is 1. The van der Waals surface area contributed by atoms with E-state index >= 15 is 0 Å². The molecule has 0 bridgehead atoms. The van der Waals surface area contributed by atoms with Crippen molar-refractivity contribution in [2.45, 2.75) is 32.2 Å². The predicted octanol–water partition coefficient (Wildman–Crippen LogP) is 0.646. The molecule has 20 heavy (non-hydrogen) atoms. The van der Waals surface area contributed by atoms with Crippen LogP contribution < -0.4 is 11.1 Å². The monoisotopic (exact) mass is 299 g/mol. The number of nitrogens with zero attached hydrogens (tertiary/aromatic N) is 1. The van der Waals surface area contributed by atoms with Gasteiger partial charge in [-0.25, -0.2) is 4.79 Å². The van der Waals surface area contributed by atoms with E-state index in [1.54, 1.807) is 4.90 Å². The van der Waals surface area contributed by atoms with Crippen LogP contribution in [0.5, 0.6) is 0 Å². The minimum Gasteiger partial charge on any atom is -0.453 e. The third-order valence-electron chi connectivity index (χ3n) is 4.26. The van der Waals surface area contributed by atoms with Crippen molar-refractivity contribution in [2.24, 2.45) is 17.1 Å². The summed E-state index contributed by atoms with van der Waals surface area (Å²) in [7, 11) is 1.32. The molecular formula is C13H21N3O3S. The van der Waals surface area contributed by atoms with Crippen LogP contribution in [0.4, 0.5) is 4.79 Å². The molecule has 3 N–H and O–H groups in total. The van der Waals surface area contributed by atoms with E-state index in [1.165, 1.54) is 7.11 Å². The average Bonchev–Trinajstić information content (AvgIpc) is 2.81. The lowest BCUT2D eigenvalue weighted by atomic mass is 9.61. The van der Waals surface area contributed by atoms with Crippen LogP contribution in [-0.2, 0) is 9.53 Å². The SMILES string of the molecule is COC(=O)NC1CCN(C(=O)C2(C(N)=S)CC(C)C2)C1. The van der Waals surface area contributed by atoms with Crippen molar-refractivity contribution in [3.63, 3.8) is 0 Å². The molecule has 1 saturated heterocycles. The molecular weight excluding hydrogens is 278 g/mol. The van der Waals surface area contributed by atoms with Gasteiger partial charge < -0.3 is 20.7 Å². The van der Waals surface area contributed by atoms with Crippen LogP contribution in [0.2, 0.25) is 0 Å². The Balaban J connectivity index is 1.97. The molecule has 2 amide bonds. The fourth-order valence-electron chi connectivity index (χ4n) is 3.20. The Bertz CT molecular complexity index is 435. The molecule has 0 aromatic carbocycles. The van der Waals surface area contributed by atoms with Crippen molar-refractivity contribution in [3.05, 3.63) is 0 Å². The topological polar surface area (TPSA) is 84.7 Å². The van der Waals surface area contributed by atoms with E-state index in [0.717, 1.165) is 19.3 Å². The van der Waals surface area contributed by atoms with Crippen molar-refractivity contribution in [3.8, 4) is 0 Å². The molecule has 2 aliphatic rings. The van der Waals surface area contributed by atoms with E-state index in [9.17, 15) is 9.59 Å². The summed E-state index contributed by atoms with van der Waals surface area (Å²) in [5.74, 6) is 0.490. The summed E-state index contributed by atoms with van der Waals surface area (Å²) in [6, 6.07) is -0.0627. The second-order valence-corrected chi connectivity index (χ2v) is 6.27. The zero-order valence-electron chi connectivity index (χ0n) is 11.8. The number of carbonyl (C=O) groups is 2. The average molecular weight is 299 g/mol. The van der Waals surface area contributed by atoms with E-state index in [0.29, 0.717) is 24.0 Å². The third-order valence-corrected chi connectivity index (χ3v) is 4.65. The number of ether oxygens (including phenoxy) is 1. The standard InChI is InChI=1S/C13H21N3O3S/c1-8-5-13(6-8,10(14)20)11(17)16-4-3-9(7-16)15-12(18)19-2/h8-9H,3-7H2,1-2H3,(H2,14,20)(H,15,18). The normalized spacial score (nSPS) is 32.4. The van der Waals surface area contributed by atoms with Crippen LogP contribution in [0.25, 0.3) is 0 Å². The fourth-order valence-corrected chi connectivity index (χ4v) is 3.46. The van der Waals surface area contributed by atoms with Crippen LogP contribution in [0, 0.1) is 11.3 Å². The Hall–Kier alpha value is -1.37. The Morgan fingerprint density at radius 1 is 1.45 bits per heavy atom. The quantitative estimate of drug-likeness (QED) is 0.747. The summed E-state index contributed by atoms with van der Waals surface area (Å²) in [4.78, 5) is 25.9. The molecule has 2 rings (SSSR count). The summed E-state index contributed by atoms with van der Waals surface area (Å²) >= 11 is 5.10. The smallest absolute Gasteiger partial charge is 0.407 e. The predicted molar refractivity (Wildman–Crippen MR) is 78.1 cm³/mol. The van der Waals surface area contributed by atoms with Crippen LogP contribution in [0.15, 0.2) is 0 Å². The van der Waals surface area contributed by atoms with Crippen molar-refractivity contribution in [1.29, 1.82) is 0 Å². The number of nitrogens with two attached hydrogens (primary N) is 1. The van der Waals surface area contributed by atoms with Gasteiger partial charge in [-0.2, -0.15) is 0 Å². The molecule has 1 aliphatic heterocycles. The van der Waals surface area contributed by atoms with Gasteiger partial charge in [0.2, 0.25) is 5.91 Å². The minimum atomic E-state index is -0.658. The minimum absolute atomic E-state index is 0.0114. The number of amides is 2. The molecule has 2 fully saturated rings. The first-order valence-corrected chi connectivity index (χ1v) is 7.23. The number of carbonyl (C=O) groups excluding carboxylic acids is 2. The first kappa shape index (κ1) is 15.0. The van der Waals surface area contributed by atoms with E-state index in [-0.39, 0.29) is 11.9 Å². The van der Waals surface area contributed by atoms with E-state index in [2.05, 4.69) is 17.0 Å². The number of hydrogen-bond acceptors (Lipinski definition) is 4. The highest BCUT2D eigenvalue weighted by Crippen LogP contribution is 2.47. The summed E-state index contributed by atoms with van der Waals surface area (Å²) in [5, 5.41) is 2.72. The first-order chi connectivity index (χ1) is 9.39. The Labute approximate surface area is 124 Å². The van der Waals surface area contributed by atoms with Crippen LogP contribution in [0.1, 0.15) is 26.2 Å². The fraction of sp³-hybridized carbons (Fsp3) is 0.769. The number of rotatable bonds is 3. The van der Waals surface area contributed by atoms with E-state index in [1.807, 2.05) is 0 Å². The van der Waals surface area contributed by atoms with Gasteiger partial charge in [-0.3, -0.25) is 4.79 Å². The van der Waals surface area contributed by atoms with Gasteiger partial charge in [-0.1, -0.05) is 19.1 Å². The lowest BCUT2D eigenvalue weighted by Crippen LogP contribution is -2.57. The van der Waals surface area contributed by atoms with Crippen molar-refractivity contribution in [2.75, 3.05) is 20.2 Å². The van der Waals surface area contributed by atoms with Crippen LogP contribution in [-0.4, -0.2) is 48.1 Å². The lowest BCUT2D eigenvalue weighted by Gasteiger charge is -2.46. The van der Waals surface area contributed by atoms with Gasteiger partial charge in [0.15, 0.2) is 0 Å². The maximum atomic E-state index is 12.7. The first-order valence-electron chi connectivity index (χ1n) is 6.83. The molecule has 1 atom stereocenters. The molecule has 0 aromatic rings. The van der Waals surface area contributed by atoms with E-state index in [4.69, 9.17) is 18.0 Å². The largest absolute Gasteiger partial charge is 0.453 e. The molecule has 1 heterocycles. The van der Waals surface area contributed by atoms with Crippen LogP contribution >= 0.6 is 12.2 Å². The summed E-state index contributed by atoms with van der Waals surface area (Å²) < 4.78 is 4.57. The highest BCUT2D eigenvalue weighted by Gasteiger charge is 2.53. The maximum Gasteiger partial charge on any atom is 0.407 e. The maximum absolute atomic E-state index is 12.7. The molecule has 1 aliphatic carbocycles. The molecule has 0 spiro atoms. The van der Waals surface area contributed by atoms with Gasteiger partial charge in [0.05, 0.1) is 23.6 Å². The molecule has 0 aromatic heterocycles. The number of alkyl carbamates (subject to hydrolysis) is 1.